The number of rotatable bonds is 17. The number of nitrogens with one attached hydrogen (secondary N) is 1. The van der Waals surface area contributed by atoms with Crippen LogP contribution in [0.5, 0.6) is 40.2 Å². The lowest BCUT2D eigenvalue weighted by molar-refractivity contribution is -0.141. The Labute approximate surface area is 453 Å². The molecule has 15 nitrogen and oxygen atoms in total. The van der Waals surface area contributed by atoms with E-state index in [4.69, 9.17) is 81.7 Å². The van der Waals surface area contributed by atoms with Gasteiger partial charge in [-0.15, -0.1) is 11.6 Å². The number of carbonyl (C=O) groups is 2. The van der Waals surface area contributed by atoms with Crippen molar-refractivity contribution < 1.29 is 60.0 Å². The summed E-state index contributed by atoms with van der Waals surface area (Å²) >= 11 is 36.8. The third kappa shape index (κ3) is 17.3. The number of nitrogens with zero attached hydrogens (tertiary/aromatic N) is 1. The number of ether oxygens (including phenoxy) is 6. The maximum Gasteiger partial charge on any atom is 0.321 e. The normalized spacial score (nSPS) is 11.1. The standard InChI is InChI=1S/C24H22BrCl2NO6S.C15H12BrCl2NO6S.C8H9ClO/c1-15-4-7-19(34-24-20(26)10-17(25)11-21(24)27)12-22(15)35(30,31)28(14-23(29)33-3)13-16-5-8-18(32-2)9-6-16;1-24-14(21)7-19-26(22,23)13-6-9(2-3-12(13)20)25-15-10(17)4-8(16)5-11(15)18;1-10-8-4-2-7(6-9)3-5-8/h4-12H,13-14H2,1-3H3;2-6,19-20H,7H2,1H3;2-5H,6H2,1H3. The number of hydrogen-bond donors (Lipinski definition) is 2. The number of aryl methyl sites for hydroxylation is 1. The molecule has 0 unspecified atom stereocenters. The Balaban J connectivity index is 0.000000265. The van der Waals surface area contributed by atoms with Gasteiger partial charge in [0.1, 0.15) is 46.7 Å². The highest BCUT2D eigenvalue weighted by Gasteiger charge is 2.30. The molecule has 6 aromatic carbocycles. The molecule has 6 aromatic rings. The third-order valence-electron chi connectivity index (χ3n) is 9.36. The summed E-state index contributed by atoms with van der Waals surface area (Å²) in [6.45, 7) is 0.532. The molecule has 0 aliphatic carbocycles. The fraction of sp³-hybridized carbons (Fsp3) is 0.191. The highest BCUT2D eigenvalue weighted by atomic mass is 79.9. The van der Waals surface area contributed by atoms with Crippen molar-refractivity contribution in [3.05, 3.63) is 155 Å². The first-order chi connectivity index (χ1) is 33.5. The quantitative estimate of drug-likeness (QED) is 0.0648. The molecule has 0 saturated carbocycles. The van der Waals surface area contributed by atoms with Gasteiger partial charge in [-0.25, -0.2) is 16.8 Å². The van der Waals surface area contributed by atoms with Gasteiger partial charge in [-0.1, -0.05) is 109 Å². The number of benzene rings is 6. The van der Waals surface area contributed by atoms with Crippen molar-refractivity contribution in [3.8, 4) is 40.2 Å². The van der Waals surface area contributed by atoms with Crippen LogP contribution in [0.2, 0.25) is 20.1 Å². The van der Waals surface area contributed by atoms with Gasteiger partial charge in [0.2, 0.25) is 20.0 Å². The van der Waals surface area contributed by atoms with Gasteiger partial charge in [0.05, 0.1) is 53.4 Å². The van der Waals surface area contributed by atoms with E-state index in [-0.39, 0.29) is 54.5 Å². The third-order valence-corrected chi connectivity index (χ3v) is 15.1. The molecule has 71 heavy (non-hydrogen) atoms. The smallest absolute Gasteiger partial charge is 0.321 e. The zero-order valence-electron chi connectivity index (χ0n) is 38.0. The van der Waals surface area contributed by atoms with Crippen LogP contribution in [0.1, 0.15) is 16.7 Å². The average molecular weight is 1250 g/mol. The maximum absolute atomic E-state index is 13.7. The molecule has 0 aromatic heterocycles. The minimum absolute atomic E-state index is 0.0308. The summed E-state index contributed by atoms with van der Waals surface area (Å²) in [4.78, 5) is 22.7. The molecule has 0 atom stereocenters. The van der Waals surface area contributed by atoms with Crippen molar-refractivity contribution in [2.24, 2.45) is 0 Å². The fourth-order valence-electron chi connectivity index (χ4n) is 5.71. The van der Waals surface area contributed by atoms with Crippen LogP contribution < -0.4 is 23.7 Å². The van der Waals surface area contributed by atoms with E-state index in [1.54, 1.807) is 74.7 Å². The molecule has 0 aliphatic rings. The number of carbonyl (C=O) groups excluding carboxylic acids is 2. The first-order valence-corrected chi connectivity index (χ1v) is 26.6. The van der Waals surface area contributed by atoms with Crippen LogP contribution in [0.25, 0.3) is 0 Å². The second-order valence-corrected chi connectivity index (χ2v) is 21.6. The lowest BCUT2D eigenvalue weighted by Gasteiger charge is -2.23. The summed E-state index contributed by atoms with van der Waals surface area (Å²) in [6, 6.07) is 29.0. The van der Waals surface area contributed by atoms with Crippen LogP contribution in [0, 0.1) is 6.92 Å². The summed E-state index contributed by atoms with van der Waals surface area (Å²) in [6.07, 6.45) is 0. The topological polar surface area (TPSA) is 193 Å². The summed E-state index contributed by atoms with van der Waals surface area (Å²) in [5.74, 6) is 0.633. The number of alkyl halides is 1. The van der Waals surface area contributed by atoms with Crippen molar-refractivity contribution in [3.63, 3.8) is 0 Å². The molecule has 24 heteroatoms. The first kappa shape index (κ1) is 59.1. The van der Waals surface area contributed by atoms with Gasteiger partial charge in [-0.3, -0.25) is 9.59 Å². The zero-order valence-corrected chi connectivity index (χ0v) is 46.6. The van der Waals surface area contributed by atoms with Crippen LogP contribution in [-0.4, -0.2) is 79.7 Å². The minimum atomic E-state index is -4.19. The van der Waals surface area contributed by atoms with Crippen LogP contribution in [0.15, 0.2) is 128 Å². The Bertz CT molecular complexity index is 2980. The molecular formula is C47H43Br2Cl5N2O13S2. The second-order valence-electron chi connectivity index (χ2n) is 14.2. The molecule has 0 saturated heterocycles. The molecule has 2 N–H and O–H groups in total. The molecule has 0 fully saturated rings. The van der Waals surface area contributed by atoms with E-state index in [1.807, 2.05) is 29.0 Å². The van der Waals surface area contributed by atoms with Gasteiger partial charge in [0.25, 0.3) is 0 Å². The van der Waals surface area contributed by atoms with Gasteiger partial charge in [0, 0.05) is 33.5 Å². The molecule has 0 radical (unpaired) electrons. The number of phenols is 1. The molecule has 0 heterocycles. The van der Waals surface area contributed by atoms with E-state index in [1.165, 1.54) is 26.4 Å². The van der Waals surface area contributed by atoms with Gasteiger partial charge in [-0.05, 0) is 90.3 Å². The van der Waals surface area contributed by atoms with Crippen molar-refractivity contribution in [2.45, 2.75) is 29.1 Å². The SMILES string of the molecule is COC(=O)CN(Cc1ccc(OC)cc1)S(=O)(=O)c1cc(Oc2c(Cl)cc(Br)cc2Cl)ccc1C.COC(=O)CNS(=O)(=O)c1cc(Oc2c(Cl)cc(Br)cc2Cl)ccc1O.COc1ccc(CCl)cc1. The Hall–Kier alpha value is -4.51. The first-order valence-electron chi connectivity index (χ1n) is 20.1. The van der Waals surface area contributed by atoms with Crippen LogP contribution in [0.4, 0.5) is 0 Å². The van der Waals surface area contributed by atoms with Gasteiger partial charge >= 0.3 is 11.9 Å². The Morgan fingerprint density at radius 2 is 1.03 bits per heavy atom. The largest absolute Gasteiger partial charge is 0.507 e. The van der Waals surface area contributed by atoms with Crippen molar-refractivity contribution >= 4 is 122 Å². The number of sulfonamides is 2. The van der Waals surface area contributed by atoms with E-state index in [2.05, 4.69) is 36.6 Å². The lowest BCUT2D eigenvalue weighted by Crippen LogP contribution is -2.36. The highest BCUT2D eigenvalue weighted by Crippen LogP contribution is 2.41. The van der Waals surface area contributed by atoms with Crippen LogP contribution in [0.3, 0.4) is 0 Å². The molecule has 6 rings (SSSR count). The number of hydrogen-bond acceptors (Lipinski definition) is 13. The number of halogens is 7. The van der Waals surface area contributed by atoms with Crippen molar-refractivity contribution in [1.29, 1.82) is 0 Å². The van der Waals surface area contributed by atoms with E-state index in [0.717, 1.165) is 34.9 Å². The molecule has 0 spiro atoms. The summed E-state index contributed by atoms with van der Waals surface area (Å²) in [7, 11) is -2.83. The number of esters is 2. The lowest BCUT2D eigenvalue weighted by atomic mass is 10.2. The Kier molecular flexibility index (Phi) is 22.9. The Morgan fingerprint density at radius 3 is 1.46 bits per heavy atom. The predicted octanol–water partition coefficient (Wildman–Crippen LogP) is 12.4. The van der Waals surface area contributed by atoms with Crippen LogP contribution in [-0.2, 0) is 51.5 Å². The zero-order chi connectivity index (χ0) is 52.6. The van der Waals surface area contributed by atoms with E-state index in [0.29, 0.717) is 31.7 Å². The van der Waals surface area contributed by atoms with E-state index >= 15 is 0 Å². The molecule has 380 valence electrons. The highest BCUT2D eigenvalue weighted by molar-refractivity contribution is 9.10. The molecular weight excluding hydrogens is 1200 g/mol. The number of phenolic OH excluding ortho intramolecular Hbond substituents is 1. The summed E-state index contributed by atoms with van der Waals surface area (Å²) in [5, 5.41) is 10.8. The molecule has 0 amide bonds. The monoisotopic (exact) mass is 1240 g/mol. The fourth-order valence-corrected chi connectivity index (χ4v) is 11.2. The Morgan fingerprint density at radius 1 is 0.606 bits per heavy atom. The molecule has 0 aliphatic heterocycles. The van der Waals surface area contributed by atoms with Crippen molar-refractivity contribution in [2.75, 3.05) is 41.5 Å². The van der Waals surface area contributed by atoms with Crippen molar-refractivity contribution in [1.82, 2.24) is 9.03 Å². The van der Waals surface area contributed by atoms with Crippen LogP contribution >= 0.6 is 89.9 Å². The average Bonchev–Trinajstić information content (AvgIpc) is 3.34. The van der Waals surface area contributed by atoms with Gasteiger partial charge < -0.3 is 33.5 Å². The number of methoxy groups -OCH3 is 4. The maximum atomic E-state index is 13.7. The predicted molar refractivity (Wildman–Crippen MR) is 280 cm³/mol. The molecule has 0 bridgehead atoms. The van der Waals surface area contributed by atoms with E-state index < -0.39 is 55.7 Å². The summed E-state index contributed by atoms with van der Waals surface area (Å²) < 4.78 is 86.9. The van der Waals surface area contributed by atoms with Gasteiger partial charge in [-0.2, -0.15) is 9.03 Å². The van der Waals surface area contributed by atoms with E-state index in [9.17, 15) is 31.5 Å². The second kappa shape index (κ2) is 27.5. The van der Waals surface area contributed by atoms with Gasteiger partial charge in [0.15, 0.2) is 11.5 Å². The number of aromatic hydroxyl groups is 1. The minimum Gasteiger partial charge on any atom is -0.507 e. The summed E-state index contributed by atoms with van der Waals surface area (Å²) in [5.41, 5.74) is 2.24.